The van der Waals surface area contributed by atoms with Gasteiger partial charge in [-0.15, -0.1) is 11.3 Å². The maximum absolute atomic E-state index is 13.1. The highest BCUT2D eigenvalue weighted by Gasteiger charge is 2.25. The number of thiophene rings is 1. The summed E-state index contributed by atoms with van der Waals surface area (Å²) in [5.41, 5.74) is 1.37. The Morgan fingerprint density at radius 2 is 1.68 bits per heavy atom. The molecule has 0 N–H and O–H groups in total. The molecule has 1 saturated heterocycles. The van der Waals surface area contributed by atoms with Crippen molar-refractivity contribution in [1.29, 1.82) is 0 Å². The van der Waals surface area contributed by atoms with Crippen LogP contribution in [0.5, 0.6) is 0 Å². The summed E-state index contributed by atoms with van der Waals surface area (Å²) in [7, 11) is 0. The number of hydrogen-bond acceptors (Lipinski definition) is 3. The third-order valence-corrected chi connectivity index (χ3v) is 5.11. The first-order chi connectivity index (χ1) is 12.0. The Morgan fingerprint density at radius 3 is 2.24 bits per heavy atom. The number of carbonyl (C=O) groups excluding carboxylic acids is 2. The van der Waals surface area contributed by atoms with Gasteiger partial charge < -0.3 is 9.80 Å². The predicted molar refractivity (Wildman–Crippen MR) is 97.4 cm³/mol. The van der Waals surface area contributed by atoms with Crippen LogP contribution >= 0.6 is 11.3 Å². The van der Waals surface area contributed by atoms with Crippen molar-refractivity contribution in [3.8, 4) is 0 Å². The highest BCUT2D eigenvalue weighted by Crippen LogP contribution is 2.25. The Morgan fingerprint density at radius 1 is 1.04 bits per heavy atom. The molecule has 4 nitrogen and oxygen atoms in total. The molecule has 25 heavy (non-hydrogen) atoms. The van der Waals surface area contributed by atoms with Crippen molar-refractivity contribution in [3.63, 3.8) is 0 Å². The minimum atomic E-state index is -0.304. The second-order valence-corrected chi connectivity index (χ2v) is 6.83. The van der Waals surface area contributed by atoms with Crippen LogP contribution in [0.2, 0.25) is 0 Å². The minimum absolute atomic E-state index is 0.0347. The highest BCUT2D eigenvalue weighted by molar-refractivity contribution is 7.11. The van der Waals surface area contributed by atoms with E-state index in [0.29, 0.717) is 31.8 Å². The zero-order chi connectivity index (χ0) is 17.8. The number of carbonyl (C=O) groups is 2. The van der Waals surface area contributed by atoms with Crippen LogP contribution in [0.4, 0.5) is 4.39 Å². The van der Waals surface area contributed by atoms with Crippen molar-refractivity contribution >= 4 is 34.8 Å². The molecular formula is C19H19FN2O2S. The Hall–Kier alpha value is -2.47. The fourth-order valence-corrected chi connectivity index (χ4v) is 3.52. The molecule has 3 rings (SSSR count). The molecule has 0 unspecified atom stereocenters. The van der Waals surface area contributed by atoms with Crippen LogP contribution in [0.15, 0.2) is 41.8 Å². The molecule has 0 radical (unpaired) electrons. The Kier molecular flexibility index (Phi) is 5.28. The first kappa shape index (κ1) is 17.4. The van der Waals surface area contributed by atoms with E-state index >= 15 is 0 Å². The third kappa shape index (κ3) is 4.14. The van der Waals surface area contributed by atoms with Crippen molar-refractivity contribution in [3.05, 3.63) is 58.0 Å². The molecule has 1 fully saturated rings. The molecule has 2 aromatic rings. The summed E-state index contributed by atoms with van der Waals surface area (Å²) in [6.45, 7) is 3.68. The van der Waals surface area contributed by atoms with Gasteiger partial charge in [-0.25, -0.2) is 4.39 Å². The van der Waals surface area contributed by atoms with Crippen molar-refractivity contribution in [1.82, 2.24) is 9.80 Å². The van der Waals surface area contributed by atoms with E-state index in [1.54, 1.807) is 34.9 Å². The van der Waals surface area contributed by atoms with Gasteiger partial charge in [0.2, 0.25) is 5.91 Å². The molecule has 1 aromatic heterocycles. The zero-order valence-corrected chi connectivity index (χ0v) is 14.8. The molecule has 1 aromatic carbocycles. The molecule has 6 heteroatoms. The lowest BCUT2D eigenvalue weighted by atomic mass is 10.1. The van der Waals surface area contributed by atoms with E-state index in [4.69, 9.17) is 0 Å². The third-order valence-electron chi connectivity index (χ3n) is 4.21. The molecule has 0 aliphatic carbocycles. The van der Waals surface area contributed by atoms with Crippen LogP contribution in [0, 0.1) is 5.82 Å². The second kappa shape index (κ2) is 7.61. The maximum Gasteiger partial charge on any atom is 0.255 e. The van der Waals surface area contributed by atoms with Crippen molar-refractivity contribution < 1.29 is 14.0 Å². The maximum atomic E-state index is 13.1. The number of halogens is 1. The topological polar surface area (TPSA) is 40.6 Å². The lowest BCUT2D eigenvalue weighted by Crippen LogP contribution is -2.50. The standard InChI is InChI=1S/C19H19FN2O2S/c1-14(23)21-8-10-22(11-9-21)19(24)17(18-3-2-12-25-18)13-15-4-6-16(20)7-5-15/h2-7,12-13H,8-11H2,1H3/b17-13-. The van der Waals surface area contributed by atoms with Crippen molar-refractivity contribution in [2.24, 2.45) is 0 Å². The van der Waals surface area contributed by atoms with Crippen LogP contribution in [0.25, 0.3) is 11.6 Å². The highest BCUT2D eigenvalue weighted by atomic mass is 32.1. The minimum Gasteiger partial charge on any atom is -0.339 e. The SMILES string of the molecule is CC(=O)N1CCN(C(=O)/C(=C\c2ccc(F)cc2)c2cccs2)CC1. The van der Waals surface area contributed by atoms with E-state index in [9.17, 15) is 14.0 Å². The summed E-state index contributed by atoms with van der Waals surface area (Å²) in [5.74, 6) is -0.330. The van der Waals surface area contributed by atoms with Gasteiger partial charge in [0.05, 0.1) is 5.57 Å². The number of piperazine rings is 1. The Bertz CT molecular complexity index is 776. The van der Waals surface area contributed by atoms with E-state index in [1.807, 2.05) is 17.5 Å². The van der Waals surface area contributed by atoms with Gasteiger partial charge in [0.1, 0.15) is 5.82 Å². The lowest BCUT2D eigenvalue weighted by Gasteiger charge is -2.34. The average molecular weight is 358 g/mol. The molecule has 0 spiro atoms. The molecule has 2 amide bonds. The van der Waals surface area contributed by atoms with E-state index in [0.717, 1.165) is 10.4 Å². The number of hydrogen-bond donors (Lipinski definition) is 0. The van der Waals surface area contributed by atoms with Gasteiger partial charge in [0.25, 0.3) is 5.91 Å². The number of nitrogens with zero attached hydrogens (tertiary/aromatic N) is 2. The summed E-state index contributed by atoms with van der Waals surface area (Å²) < 4.78 is 13.1. The van der Waals surface area contributed by atoms with E-state index < -0.39 is 0 Å². The van der Waals surface area contributed by atoms with Crippen LogP contribution in [-0.2, 0) is 9.59 Å². The van der Waals surface area contributed by atoms with E-state index in [1.165, 1.54) is 23.5 Å². The monoisotopic (exact) mass is 358 g/mol. The molecule has 0 atom stereocenters. The largest absolute Gasteiger partial charge is 0.339 e. The number of benzene rings is 1. The van der Waals surface area contributed by atoms with Crippen molar-refractivity contribution in [2.45, 2.75) is 6.92 Å². The predicted octanol–water partition coefficient (Wildman–Crippen LogP) is 3.12. The summed E-state index contributed by atoms with van der Waals surface area (Å²) >= 11 is 1.50. The molecule has 1 aliphatic rings. The van der Waals surface area contributed by atoms with Crippen LogP contribution in [0.1, 0.15) is 17.4 Å². The molecule has 130 valence electrons. The Balaban J connectivity index is 1.84. The van der Waals surface area contributed by atoms with Gasteiger partial charge >= 0.3 is 0 Å². The van der Waals surface area contributed by atoms with Gasteiger partial charge in [-0.05, 0) is 35.2 Å². The first-order valence-corrected chi connectivity index (χ1v) is 8.98. The first-order valence-electron chi connectivity index (χ1n) is 8.10. The van der Waals surface area contributed by atoms with E-state index in [2.05, 4.69) is 0 Å². The van der Waals surface area contributed by atoms with E-state index in [-0.39, 0.29) is 17.6 Å². The average Bonchev–Trinajstić information content (AvgIpc) is 3.15. The smallest absolute Gasteiger partial charge is 0.255 e. The summed E-state index contributed by atoms with van der Waals surface area (Å²) in [5, 5.41) is 1.93. The molecule has 0 saturated carbocycles. The fraction of sp³-hybridized carbons (Fsp3) is 0.263. The fourth-order valence-electron chi connectivity index (χ4n) is 2.79. The lowest BCUT2D eigenvalue weighted by molar-refractivity contribution is -0.135. The molecule has 0 bridgehead atoms. The zero-order valence-electron chi connectivity index (χ0n) is 13.9. The van der Waals surface area contributed by atoms with Crippen LogP contribution < -0.4 is 0 Å². The van der Waals surface area contributed by atoms with Crippen LogP contribution in [0.3, 0.4) is 0 Å². The number of rotatable bonds is 3. The quantitative estimate of drug-likeness (QED) is 0.791. The van der Waals surface area contributed by atoms with Gasteiger partial charge in [-0.2, -0.15) is 0 Å². The van der Waals surface area contributed by atoms with Gasteiger partial charge in [0, 0.05) is 38.0 Å². The molecular weight excluding hydrogens is 339 g/mol. The molecule has 2 heterocycles. The second-order valence-electron chi connectivity index (χ2n) is 5.89. The van der Waals surface area contributed by atoms with Gasteiger partial charge in [-0.3, -0.25) is 9.59 Å². The summed E-state index contributed by atoms with van der Waals surface area (Å²) in [4.78, 5) is 28.9. The van der Waals surface area contributed by atoms with Crippen LogP contribution in [-0.4, -0.2) is 47.8 Å². The summed E-state index contributed by atoms with van der Waals surface area (Å²) in [6.07, 6.45) is 1.80. The molecule has 1 aliphatic heterocycles. The summed E-state index contributed by atoms with van der Waals surface area (Å²) in [6, 6.07) is 9.89. The van der Waals surface area contributed by atoms with Gasteiger partial charge in [0.15, 0.2) is 0 Å². The van der Waals surface area contributed by atoms with Crippen molar-refractivity contribution in [2.75, 3.05) is 26.2 Å². The van der Waals surface area contributed by atoms with Gasteiger partial charge in [-0.1, -0.05) is 18.2 Å². The normalized spacial score (nSPS) is 15.4. The Labute approximate surface area is 150 Å². The number of amides is 2.